The summed E-state index contributed by atoms with van der Waals surface area (Å²) in [5, 5.41) is 0.962. The number of nitrogens with two attached hydrogens (primary N) is 1. The van der Waals surface area contributed by atoms with Crippen LogP contribution in [0.4, 0.5) is 0 Å². The lowest BCUT2D eigenvalue weighted by atomic mass is 10.2. The zero-order chi connectivity index (χ0) is 10.6. The molecule has 1 unspecified atom stereocenters. The first-order valence-corrected chi connectivity index (χ1v) is 4.70. The number of ether oxygens (including phenoxy) is 1. The van der Waals surface area contributed by atoms with E-state index in [1.165, 1.54) is 6.20 Å². The number of pyridine rings is 1. The summed E-state index contributed by atoms with van der Waals surface area (Å²) in [7, 11) is 1.58. The molecule has 0 saturated carbocycles. The molecule has 1 heterocycles. The first kappa shape index (κ1) is 11.7. The standard InChI is InChI=1S/C8H11Cl2N3O/c1-14-4-7(13-11)8-6(10)2-5(9)3-12-8/h2-3,7,13H,4,11H2,1H3. The topological polar surface area (TPSA) is 60.2 Å². The number of halogens is 2. The molecule has 0 aromatic carbocycles. The number of nitrogens with one attached hydrogen (secondary N) is 1. The minimum atomic E-state index is -0.232. The lowest BCUT2D eigenvalue weighted by molar-refractivity contribution is 0.166. The predicted octanol–water partition coefficient (Wildman–Crippen LogP) is 1.54. The second-order valence-corrected chi connectivity index (χ2v) is 3.54. The molecule has 0 radical (unpaired) electrons. The molecule has 0 fully saturated rings. The van der Waals surface area contributed by atoms with Crippen LogP contribution >= 0.6 is 23.2 Å². The van der Waals surface area contributed by atoms with Crippen LogP contribution in [0.3, 0.4) is 0 Å². The number of hydrogen-bond acceptors (Lipinski definition) is 4. The Labute approximate surface area is 92.3 Å². The highest BCUT2D eigenvalue weighted by Gasteiger charge is 2.14. The van der Waals surface area contributed by atoms with Gasteiger partial charge in [0.1, 0.15) is 0 Å². The van der Waals surface area contributed by atoms with E-state index in [1.807, 2.05) is 0 Å². The number of nitrogens with zero attached hydrogens (tertiary/aromatic N) is 1. The quantitative estimate of drug-likeness (QED) is 0.614. The van der Waals surface area contributed by atoms with E-state index in [1.54, 1.807) is 13.2 Å². The Hall–Kier alpha value is -0.390. The summed E-state index contributed by atoms with van der Waals surface area (Å²) in [4.78, 5) is 4.08. The molecule has 1 aromatic rings. The van der Waals surface area contributed by atoms with E-state index in [4.69, 9.17) is 33.8 Å². The van der Waals surface area contributed by atoms with Gasteiger partial charge in [-0.3, -0.25) is 10.8 Å². The predicted molar refractivity (Wildman–Crippen MR) is 56.2 cm³/mol. The van der Waals surface area contributed by atoms with Gasteiger partial charge in [-0.05, 0) is 6.07 Å². The van der Waals surface area contributed by atoms with Crippen molar-refractivity contribution in [2.45, 2.75) is 6.04 Å². The van der Waals surface area contributed by atoms with Crippen LogP contribution in [-0.4, -0.2) is 18.7 Å². The third-order valence-electron chi connectivity index (χ3n) is 1.70. The minimum Gasteiger partial charge on any atom is -0.383 e. The largest absolute Gasteiger partial charge is 0.383 e. The van der Waals surface area contributed by atoms with E-state index in [-0.39, 0.29) is 6.04 Å². The van der Waals surface area contributed by atoms with Crippen molar-refractivity contribution in [2.24, 2.45) is 5.84 Å². The van der Waals surface area contributed by atoms with E-state index < -0.39 is 0 Å². The monoisotopic (exact) mass is 235 g/mol. The second-order valence-electron chi connectivity index (χ2n) is 2.70. The van der Waals surface area contributed by atoms with Crippen molar-refractivity contribution < 1.29 is 4.74 Å². The van der Waals surface area contributed by atoms with Gasteiger partial charge in [0.05, 0.1) is 28.4 Å². The normalized spacial score (nSPS) is 12.9. The maximum atomic E-state index is 5.94. The van der Waals surface area contributed by atoms with Gasteiger partial charge in [0, 0.05) is 13.3 Å². The third kappa shape index (κ3) is 2.80. The van der Waals surface area contributed by atoms with Crippen molar-refractivity contribution in [1.29, 1.82) is 0 Å². The van der Waals surface area contributed by atoms with Crippen LogP contribution in [0.5, 0.6) is 0 Å². The Morgan fingerprint density at radius 1 is 1.64 bits per heavy atom. The highest BCUT2D eigenvalue weighted by Crippen LogP contribution is 2.23. The average molecular weight is 236 g/mol. The van der Waals surface area contributed by atoms with Crippen molar-refractivity contribution in [3.63, 3.8) is 0 Å². The van der Waals surface area contributed by atoms with Crippen molar-refractivity contribution >= 4 is 23.2 Å². The number of rotatable bonds is 4. The summed E-state index contributed by atoms with van der Waals surface area (Å²) in [6.07, 6.45) is 1.52. The third-order valence-corrected chi connectivity index (χ3v) is 2.21. The minimum absolute atomic E-state index is 0.232. The van der Waals surface area contributed by atoms with Gasteiger partial charge in [-0.1, -0.05) is 23.2 Å². The van der Waals surface area contributed by atoms with Gasteiger partial charge >= 0.3 is 0 Å². The highest BCUT2D eigenvalue weighted by atomic mass is 35.5. The lowest BCUT2D eigenvalue weighted by Gasteiger charge is -2.15. The zero-order valence-corrected chi connectivity index (χ0v) is 9.14. The summed E-state index contributed by atoms with van der Waals surface area (Å²) in [5.41, 5.74) is 3.19. The molecule has 0 aliphatic carbocycles. The Kier molecular flexibility index (Phi) is 4.57. The van der Waals surface area contributed by atoms with Crippen molar-refractivity contribution in [3.05, 3.63) is 28.0 Å². The average Bonchev–Trinajstić information content (AvgIpc) is 2.15. The molecule has 0 aliphatic rings. The first-order chi connectivity index (χ1) is 6.69. The Morgan fingerprint density at radius 2 is 2.36 bits per heavy atom. The van der Waals surface area contributed by atoms with Crippen LogP contribution in [0.1, 0.15) is 11.7 Å². The van der Waals surface area contributed by atoms with Gasteiger partial charge in [0.25, 0.3) is 0 Å². The van der Waals surface area contributed by atoms with Gasteiger partial charge < -0.3 is 4.74 Å². The van der Waals surface area contributed by atoms with Crippen molar-refractivity contribution in [1.82, 2.24) is 10.4 Å². The van der Waals surface area contributed by atoms with E-state index >= 15 is 0 Å². The Balaban J connectivity index is 2.92. The molecule has 78 valence electrons. The van der Waals surface area contributed by atoms with Gasteiger partial charge in [-0.15, -0.1) is 0 Å². The van der Waals surface area contributed by atoms with Gasteiger partial charge in [-0.25, -0.2) is 5.43 Å². The molecule has 4 nitrogen and oxygen atoms in total. The fourth-order valence-electron chi connectivity index (χ4n) is 1.05. The first-order valence-electron chi connectivity index (χ1n) is 3.95. The van der Waals surface area contributed by atoms with Crippen LogP contribution in [0.2, 0.25) is 10.0 Å². The summed E-state index contributed by atoms with van der Waals surface area (Å²) in [6, 6.07) is 1.38. The molecular weight excluding hydrogens is 225 g/mol. The summed E-state index contributed by atoms with van der Waals surface area (Å²) >= 11 is 11.7. The Morgan fingerprint density at radius 3 is 2.86 bits per heavy atom. The molecule has 14 heavy (non-hydrogen) atoms. The fraction of sp³-hybridized carbons (Fsp3) is 0.375. The van der Waals surface area contributed by atoms with E-state index in [2.05, 4.69) is 10.4 Å². The lowest BCUT2D eigenvalue weighted by Crippen LogP contribution is -2.31. The fourth-order valence-corrected chi connectivity index (χ4v) is 1.57. The summed E-state index contributed by atoms with van der Waals surface area (Å²) in [5.74, 6) is 5.34. The van der Waals surface area contributed by atoms with Gasteiger partial charge in [0.2, 0.25) is 0 Å². The number of aromatic nitrogens is 1. The molecule has 0 aliphatic heterocycles. The molecule has 0 saturated heterocycles. The Bertz CT molecular complexity index is 309. The summed E-state index contributed by atoms with van der Waals surface area (Å²) in [6.45, 7) is 0.394. The summed E-state index contributed by atoms with van der Waals surface area (Å²) < 4.78 is 4.96. The molecule has 6 heteroatoms. The van der Waals surface area contributed by atoms with Gasteiger partial charge in [0.15, 0.2) is 0 Å². The SMILES string of the molecule is COCC(NN)c1ncc(Cl)cc1Cl. The molecule has 0 amide bonds. The van der Waals surface area contributed by atoms with E-state index in [0.29, 0.717) is 22.3 Å². The number of hydrazine groups is 1. The molecule has 1 rings (SSSR count). The maximum Gasteiger partial charge on any atom is 0.0880 e. The molecule has 1 aromatic heterocycles. The molecule has 0 bridgehead atoms. The van der Waals surface area contributed by atoms with E-state index in [9.17, 15) is 0 Å². The van der Waals surface area contributed by atoms with Crippen LogP contribution in [0.15, 0.2) is 12.3 Å². The second kappa shape index (κ2) is 5.48. The molecule has 3 N–H and O–H groups in total. The molecule has 0 spiro atoms. The number of hydrogen-bond donors (Lipinski definition) is 2. The van der Waals surface area contributed by atoms with Crippen molar-refractivity contribution in [2.75, 3.05) is 13.7 Å². The van der Waals surface area contributed by atoms with Crippen LogP contribution in [0, 0.1) is 0 Å². The van der Waals surface area contributed by atoms with Crippen LogP contribution in [-0.2, 0) is 4.74 Å². The number of methoxy groups -OCH3 is 1. The smallest absolute Gasteiger partial charge is 0.0880 e. The molecular formula is C8H11Cl2N3O. The van der Waals surface area contributed by atoms with E-state index in [0.717, 1.165) is 0 Å². The van der Waals surface area contributed by atoms with Gasteiger partial charge in [-0.2, -0.15) is 0 Å². The maximum absolute atomic E-state index is 5.94. The van der Waals surface area contributed by atoms with Crippen LogP contribution in [0.25, 0.3) is 0 Å². The van der Waals surface area contributed by atoms with Crippen molar-refractivity contribution in [3.8, 4) is 0 Å². The zero-order valence-electron chi connectivity index (χ0n) is 7.63. The molecule has 1 atom stereocenters. The van der Waals surface area contributed by atoms with Crippen LogP contribution < -0.4 is 11.3 Å². The highest BCUT2D eigenvalue weighted by molar-refractivity contribution is 6.34.